The van der Waals surface area contributed by atoms with E-state index >= 15 is 0 Å². The molecular formula is C19H21N3O4S. The SMILES string of the molecule is CCOC(=O)C1=C(C)Nc2nc(SCC)[nH]c(=O)c2C1c1ccc(O)cc1. The van der Waals surface area contributed by atoms with Gasteiger partial charge in [0.05, 0.1) is 23.7 Å². The van der Waals surface area contributed by atoms with E-state index < -0.39 is 11.9 Å². The molecule has 0 saturated carbocycles. The first-order valence-electron chi connectivity index (χ1n) is 8.67. The number of anilines is 1. The fourth-order valence-electron chi connectivity index (χ4n) is 3.12. The lowest BCUT2D eigenvalue weighted by Gasteiger charge is -2.28. The van der Waals surface area contributed by atoms with Crippen LogP contribution in [0.25, 0.3) is 0 Å². The van der Waals surface area contributed by atoms with Crippen molar-refractivity contribution in [2.45, 2.75) is 31.8 Å². The number of carbonyl (C=O) groups is 1. The fraction of sp³-hybridized carbons (Fsp3) is 0.316. The molecule has 2 heterocycles. The second kappa shape index (κ2) is 7.87. The van der Waals surface area contributed by atoms with E-state index in [1.807, 2.05) is 6.92 Å². The molecule has 0 radical (unpaired) electrons. The number of ether oxygens (including phenoxy) is 1. The Morgan fingerprint density at radius 2 is 2.00 bits per heavy atom. The Morgan fingerprint density at radius 1 is 1.30 bits per heavy atom. The van der Waals surface area contributed by atoms with Gasteiger partial charge in [0.25, 0.3) is 5.56 Å². The lowest BCUT2D eigenvalue weighted by atomic mass is 9.82. The van der Waals surface area contributed by atoms with Crippen LogP contribution in [0.5, 0.6) is 5.75 Å². The Morgan fingerprint density at radius 3 is 2.63 bits per heavy atom. The number of hydrogen-bond acceptors (Lipinski definition) is 7. The van der Waals surface area contributed by atoms with Crippen LogP contribution in [0.1, 0.15) is 37.8 Å². The summed E-state index contributed by atoms with van der Waals surface area (Å²) in [6.45, 7) is 5.69. The van der Waals surface area contributed by atoms with E-state index in [4.69, 9.17) is 4.74 Å². The zero-order valence-corrected chi connectivity index (χ0v) is 16.1. The lowest BCUT2D eigenvalue weighted by Crippen LogP contribution is -2.31. The van der Waals surface area contributed by atoms with Crippen molar-refractivity contribution in [3.8, 4) is 5.75 Å². The number of aromatic hydroxyl groups is 1. The average Bonchev–Trinajstić information content (AvgIpc) is 2.61. The maximum absolute atomic E-state index is 12.9. The second-order valence-electron chi connectivity index (χ2n) is 5.98. The van der Waals surface area contributed by atoms with Gasteiger partial charge in [-0.25, -0.2) is 9.78 Å². The van der Waals surface area contributed by atoms with Crippen LogP contribution in [0.3, 0.4) is 0 Å². The summed E-state index contributed by atoms with van der Waals surface area (Å²) in [5.41, 5.74) is 1.69. The van der Waals surface area contributed by atoms with Gasteiger partial charge in [-0.1, -0.05) is 30.8 Å². The molecule has 3 N–H and O–H groups in total. The summed E-state index contributed by atoms with van der Waals surface area (Å²) in [5, 5.41) is 13.2. The number of thioether (sulfide) groups is 1. The molecule has 27 heavy (non-hydrogen) atoms. The predicted octanol–water partition coefficient (Wildman–Crippen LogP) is 2.98. The molecule has 1 aromatic carbocycles. The average molecular weight is 387 g/mol. The van der Waals surface area contributed by atoms with E-state index in [1.165, 1.54) is 23.9 Å². The first-order valence-corrected chi connectivity index (χ1v) is 9.65. The third-order valence-corrected chi connectivity index (χ3v) is 4.98. The largest absolute Gasteiger partial charge is 0.508 e. The van der Waals surface area contributed by atoms with Crippen LogP contribution in [0, 0.1) is 0 Å². The Bertz CT molecular complexity index is 950. The first-order chi connectivity index (χ1) is 13.0. The Labute approximate surface area is 160 Å². The number of H-pyrrole nitrogens is 1. The summed E-state index contributed by atoms with van der Waals surface area (Å²) in [6, 6.07) is 6.43. The summed E-state index contributed by atoms with van der Waals surface area (Å²) in [7, 11) is 0. The molecule has 1 aliphatic rings. The summed E-state index contributed by atoms with van der Waals surface area (Å²) >= 11 is 1.43. The van der Waals surface area contributed by atoms with E-state index in [9.17, 15) is 14.7 Å². The maximum atomic E-state index is 12.9. The molecule has 0 fully saturated rings. The van der Waals surface area contributed by atoms with E-state index in [0.717, 1.165) is 5.75 Å². The molecule has 0 aliphatic carbocycles. The standard InChI is InChI=1S/C19H21N3O4S/c1-4-26-18(25)13-10(3)20-16-15(17(24)22-19(21-16)27-5-2)14(13)11-6-8-12(23)9-7-11/h6-9,14,23H,4-5H2,1-3H3,(H2,20,21,22,24). The van der Waals surface area contributed by atoms with Crippen molar-refractivity contribution in [1.82, 2.24) is 9.97 Å². The van der Waals surface area contributed by atoms with Gasteiger partial charge in [-0.2, -0.15) is 0 Å². The van der Waals surface area contributed by atoms with Gasteiger partial charge in [0.1, 0.15) is 11.6 Å². The van der Waals surface area contributed by atoms with Gasteiger partial charge in [-0.05, 0) is 37.3 Å². The number of fused-ring (bicyclic) bond motifs is 1. The minimum absolute atomic E-state index is 0.105. The molecule has 7 nitrogen and oxygen atoms in total. The van der Waals surface area contributed by atoms with Crippen LogP contribution in [-0.4, -0.2) is 33.4 Å². The zero-order chi connectivity index (χ0) is 19.6. The van der Waals surface area contributed by atoms with Gasteiger partial charge in [-0.15, -0.1) is 0 Å². The molecule has 8 heteroatoms. The number of hydrogen-bond donors (Lipinski definition) is 3. The van der Waals surface area contributed by atoms with Crippen molar-refractivity contribution in [3.05, 3.63) is 57.0 Å². The number of phenolic OH excluding ortho intramolecular Hbond substituents is 1. The minimum Gasteiger partial charge on any atom is -0.508 e. The fourth-order valence-corrected chi connectivity index (χ4v) is 3.71. The highest BCUT2D eigenvalue weighted by molar-refractivity contribution is 7.99. The molecule has 3 rings (SSSR count). The molecule has 0 saturated heterocycles. The van der Waals surface area contributed by atoms with E-state index in [0.29, 0.717) is 33.4 Å². The van der Waals surface area contributed by atoms with Crippen molar-refractivity contribution in [1.29, 1.82) is 0 Å². The number of benzene rings is 1. The lowest BCUT2D eigenvalue weighted by molar-refractivity contribution is -0.138. The quantitative estimate of drug-likeness (QED) is 0.411. The van der Waals surface area contributed by atoms with Crippen LogP contribution >= 0.6 is 11.8 Å². The molecule has 142 valence electrons. The van der Waals surface area contributed by atoms with Gasteiger partial charge < -0.3 is 20.1 Å². The topological polar surface area (TPSA) is 104 Å². The summed E-state index contributed by atoms with van der Waals surface area (Å²) in [4.78, 5) is 32.8. The molecule has 2 aromatic rings. The number of allylic oxidation sites excluding steroid dienone is 1. The van der Waals surface area contributed by atoms with Crippen LogP contribution in [0.15, 0.2) is 45.5 Å². The minimum atomic E-state index is -0.641. The number of esters is 1. The van der Waals surface area contributed by atoms with Gasteiger partial charge in [0.15, 0.2) is 5.16 Å². The number of nitrogens with zero attached hydrogens (tertiary/aromatic N) is 1. The summed E-state index contributed by atoms with van der Waals surface area (Å²) in [5.74, 6) is 0.174. The molecule has 1 unspecified atom stereocenters. The second-order valence-corrected chi connectivity index (χ2v) is 7.23. The first kappa shape index (κ1) is 19.0. The molecule has 1 aromatic heterocycles. The number of rotatable bonds is 5. The maximum Gasteiger partial charge on any atom is 0.336 e. The van der Waals surface area contributed by atoms with Gasteiger partial charge in [0.2, 0.25) is 0 Å². The smallest absolute Gasteiger partial charge is 0.336 e. The van der Waals surface area contributed by atoms with E-state index in [-0.39, 0.29) is 17.9 Å². The molecule has 0 bridgehead atoms. The van der Waals surface area contributed by atoms with Gasteiger partial charge in [0, 0.05) is 5.70 Å². The Balaban J connectivity index is 2.22. The van der Waals surface area contributed by atoms with Crippen molar-refractivity contribution >= 4 is 23.5 Å². The molecular weight excluding hydrogens is 366 g/mol. The molecule has 0 spiro atoms. The van der Waals surface area contributed by atoms with E-state index in [2.05, 4.69) is 15.3 Å². The van der Waals surface area contributed by atoms with Crippen molar-refractivity contribution in [2.75, 3.05) is 17.7 Å². The Hall–Kier alpha value is -2.74. The zero-order valence-electron chi connectivity index (χ0n) is 15.3. The highest BCUT2D eigenvalue weighted by Crippen LogP contribution is 2.40. The number of aromatic amines is 1. The number of nitrogens with one attached hydrogen (secondary N) is 2. The van der Waals surface area contributed by atoms with Crippen LogP contribution in [0.2, 0.25) is 0 Å². The number of aromatic nitrogens is 2. The molecule has 1 aliphatic heterocycles. The van der Waals surface area contributed by atoms with Gasteiger partial charge >= 0.3 is 5.97 Å². The predicted molar refractivity (Wildman–Crippen MR) is 104 cm³/mol. The highest BCUT2D eigenvalue weighted by atomic mass is 32.2. The number of phenols is 1. The monoisotopic (exact) mass is 387 g/mol. The summed E-state index contributed by atoms with van der Waals surface area (Å²) in [6.07, 6.45) is 0. The van der Waals surface area contributed by atoms with Crippen LogP contribution in [-0.2, 0) is 9.53 Å². The third kappa shape index (κ3) is 3.71. The Kier molecular flexibility index (Phi) is 5.55. The molecule has 1 atom stereocenters. The summed E-state index contributed by atoms with van der Waals surface area (Å²) < 4.78 is 5.22. The molecule has 0 amide bonds. The van der Waals surface area contributed by atoms with Crippen molar-refractivity contribution in [2.24, 2.45) is 0 Å². The highest BCUT2D eigenvalue weighted by Gasteiger charge is 2.36. The number of carbonyl (C=O) groups excluding carboxylic acids is 1. The van der Waals surface area contributed by atoms with Crippen molar-refractivity contribution in [3.63, 3.8) is 0 Å². The van der Waals surface area contributed by atoms with E-state index in [1.54, 1.807) is 26.0 Å². The van der Waals surface area contributed by atoms with Crippen LogP contribution in [0.4, 0.5) is 5.82 Å². The van der Waals surface area contributed by atoms with Gasteiger partial charge in [-0.3, -0.25) is 4.79 Å². The third-order valence-electron chi connectivity index (χ3n) is 4.22. The van der Waals surface area contributed by atoms with Crippen LogP contribution < -0.4 is 10.9 Å². The van der Waals surface area contributed by atoms with Crippen molar-refractivity contribution < 1.29 is 14.6 Å². The normalized spacial score (nSPS) is 15.9.